The predicted molar refractivity (Wildman–Crippen MR) is 117 cm³/mol. The third-order valence-electron chi connectivity index (χ3n) is 5.50. The van der Waals surface area contributed by atoms with Crippen molar-refractivity contribution in [1.82, 2.24) is 9.55 Å². The Kier molecular flexibility index (Phi) is 3.99. The highest BCUT2D eigenvalue weighted by atomic mass is 15.0. The van der Waals surface area contributed by atoms with Gasteiger partial charge in [-0.05, 0) is 45.7 Å². The van der Waals surface area contributed by atoms with Gasteiger partial charge < -0.3 is 9.55 Å². The van der Waals surface area contributed by atoms with Crippen LogP contribution in [0.2, 0.25) is 0 Å². The quantitative estimate of drug-likeness (QED) is 0.408. The number of fused-ring (bicyclic) bond motifs is 2. The van der Waals surface area contributed by atoms with E-state index >= 15 is 0 Å². The molecule has 4 rings (SSSR count). The van der Waals surface area contributed by atoms with E-state index < -0.39 is 0 Å². The maximum atomic E-state index is 3.43. The van der Waals surface area contributed by atoms with Gasteiger partial charge in [-0.15, -0.1) is 0 Å². The summed E-state index contributed by atoms with van der Waals surface area (Å²) in [5, 5.41) is 2.70. The summed E-state index contributed by atoms with van der Waals surface area (Å²) in [7, 11) is 0. The standard InChI is InChI=1S/C25H30N2/c1-24(2,3)20-14-26-22-12-11-17(13-19(20)22)15-27-16-21(25(4,5)6)18-9-7-8-10-23(18)27/h7-14,16,26H,15H2,1-6H3. The number of hydrogen-bond acceptors (Lipinski definition) is 0. The molecule has 0 radical (unpaired) electrons. The van der Waals surface area contributed by atoms with E-state index in [1.807, 2.05) is 0 Å². The molecule has 0 aliphatic rings. The SMILES string of the molecule is CC(C)(C)c1c[nH]c2ccc(Cn3cc(C(C)(C)C)c4ccccc43)cc12. The molecule has 0 spiro atoms. The minimum Gasteiger partial charge on any atom is -0.361 e. The van der Waals surface area contributed by atoms with Crippen LogP contribution in [0.5, 0.6) is 0 Å². The molecule has 2 nitrogen and oxygen atoms in total. The summed E-state index contributed by atoms with van der Waals surface area (Å²) in [5.74, 6) is 0. The smallest absolute Gasteiger partial charge is 0.0486 e. The average molecular weight is 359 g/mol. The summed E-state index contributed by atoms with van der Waals surface area (Å²) in [6, 6.07) is 15.6. The van der Waals surface area contributed by atoms with Crippen LogP contribution in [-0.2, 0) is 17.4 Å². The van der Waals surface area contributed by atoms with E-state index in [9.17, 15) is 0 Å². The van der Waals surface area contributed by atoms with E-state index in [1.165, 1.54) is 38.5 Å². The zero-order valence-corrected chi connectivity index (χ0v) is 17.4. The second-order valence-corrected chi connectivity index (χ2v) is 9.77. The number of para-hydroxylation sites is 1. The minimum atomic E-state index is 0.134. The fourth-order valence-corrected chi connectivity index (χ4v) is 4.06. The number of nitrogens with zero attached hydrogens (tertiary/aromatic N) is 1. The fourth-order valence-electron chi connectivity index (χ4n) is 4.06. The molecule has 2 aromatic carbocycles. The third kappa shape index (κ3) is 3.18. The molecule has 0 fully saturated rings. The average Bonchev–Trinajstić information content (AvgIpc) is 3.16. The largest absolute Gasteiger partial charge is 0.361 e. The first-order valence-corrected chi connectivity index (χ1v) is 9.83. The van der Waals surface area contributed by atoms with Crippen molar-refractivity contribution in [3.8, 4) is 0 Å². The highest BCUT2D eigenvalue weighted by Crippen LogP contribution is 2.33. The molecule has 0 aliphatic carbocycles. The Balaban J connectivity index is 1.81. The molecular weight excluding hydrogens is 328 g/mol. The number of aromatic nitrogens is 2. The van der Waals surface area contributed by atoms with E-state index in [1.54, 1.807) is 0 Å². The Hall–Kier alpha value is -2.48. The molecule has 1 N–H and O–H groups in total. The highest BCUT2D eigenvalue weighted by Gasteiger charge is 2.21. The Morgan fingerprint density at radius 3 is 2.22 bits per heavy atom. The van der Waals surface area contributed by atoms with Crippen LogP contribution in [0.3, 0.4) is 0 Å². The van der Waals surface area contributed by atoms with Gasteiger partial charge in [-0.2, -0.15) is 0 Å². The molecule has 2 aromatic heterocycles. The number of benzene rings is 2. The zero-order chi connectivity index (χ0) is 19.4. The molecule has 0 atom stereocenters. The lowest BCUT2D eigenvalue weighted by Gasteiger charge is -2.18. The monoisotopic (exact) mass is 358 g/mol. The molecule has 0 saturated carbocycles. The van der Waals surface area contributed by atoms with Gasteiger partial charge in [0.1, 0.15) is 0 Å². The Morgan fingerprint density at radius 1 is 0.815 bits per heavy atom. The van der Waals surface area contributed by atoms with Crippen LogP contribution in [0, 0.1) is 0 Å². The van der Waals surface area contributed by atoms with Crippen LogP contribution in [0.1, 0.15) is 58.2 Å². The lowest BCUT2D eigenvalue weighted by Crippen LogP contribution is -2.10. The first-order chi connectivity index (χ1) is 12.6. The van der Waals surface area contributed by atoms with Gasteiger partial charge in [0, 0.05) is 40.7 Å². The molecule has 4 aromatic rings. The number of H-pyrrole nitrogens is 1. The van der Waals surface area contributed by atoms with Crippen molar-refractivity contribution < 1.29 is 0 Å². The Bertz CT molecular complexity index is 1110. The summed E-state index contributed by atoms with van der Waals surface area (Å²) < 4.78 is 2.40. The van der Waals surface area contributed by atoms with Crippen LogP contribution in [-0.4, -0.2) is 9.55 Å². The Morgan fingerprint density at radius 2 is 1.52 bits per heavy atom. The summed E-state index contributed by atoms with van der Waals surface area (Å²) in [6.07, 6.45) is 4.51. The third-order valence-corrected chi connectivity index (χ3v) is 5.50. The van der Waals surface area contributed by atoms with Gasteiger partial charge in [0.05, 0.1) is 0 Å². The van der Waals surface area contributed by atoms with Gasteiger partial charge in [-0.1, -0.05) is 65.8 Å². The van der Waals surface area contributed by atoms with Gasteiger partial charge in [-0.25, -0.2) is 0 Å². The van der Waals surface area contributed by atoms with E-state index in [2.05, 4.69) is 106 Å². The number of aromatic amines is 1. The van der Waals surface area contributed by atoms with Crippen molar-refractivity contribution in [2.24, 2.45) is 0 Å². The molecule has 0 bridgehead atoms. The molecule has 2 heterocycles. The van der Waals surface area contributed by atoms with E-state index in [0.29, 0.717) is 0 Å². The second kappa shape index (κ2) is 6.02. The maximum absolute atomic E-state index is 3.43. The van der Waals surface area contributed by atoms with Crippen LogP contribution in [0.15, 0.2) is 54.9 Å². The number of hydrogen-bond donors (Lipinski definition) is 1. The van der Waals surface area contributed by atoms with Gasteiger partial charge in [0.2, 0.25) is 0 Å². The van der Waals surface area contributed by atoms with Gasteiger partial charge in [-0.3, -0.25) is 0 Å². The first kappa shape index (κ1) is 17.9. The molecular formula is C25H30N2. The van der Waals surface area contributed by atoms with Crippen molar-refractivity contribution in [2.75, 3.05) is 0 Å². The van der Waals surface area contributed by atoms with Crippen molar-refractivity contribution in [1.29, 1.82) is 0 Å². The van der Waals surface area contributed by atoms with Crippen LogP contribution in [0.25, 0.3) is 21.8 Å². The molecule has 2 heteroatoms. The minimum absolute atomic E-state index is 0.134. The number of nitrogens with one attached hydrogen (secondary N) is 1. The highest BCUT2D eigenvalue weighted by molar-refractivity contribution is 5.86. The summed E-state index contributed by atoms with van der Waals surface area (Å²) in [6.45, 7) is 14.6. The second-order valence-electron chi connectivity index (χ2n) is 9.77. The molecule has 0 aliphatic heterocycles. The van der Waals surface area contributed by atoms with E-state index in [0.717, 1.165) is 6.54 Å². The van der Waals surface area contributed by atoms with Crippen LogP contribution >= 0.6 is 0 Å². The zero-order valence-electron chi connectivity index (χ0n) is 17.4. The molecule has 0 unspecified atom stereocenters. The van der Waals surface area contributed by atoms with Crippen molar-refractivity contribution in [2.45, 2.75) is 58.9 Å². The predicted octanol–water partition coefficient (Wildman–Crippen LogP) is 6.77. The Labute approximate surface area is 162 Å². The first-order valence-electron chi connectivity index (χ1n) is 9.83. The maximum Gasteiger partial charge on any atom is 0.0486 e. The summed E-state index contributed by atoms with van der Waals surface area (Å²) >= 11 is 0. The van der Waals surface area contributed by atoms with Gasteiger partial charge in [0.25, 0.3) is 0 Å². The van der Waals surface area contributed by atoms with Crippen LogP contribution in [0.4, 0.5) is 0 Å². The normalized spacial score (nSPS) is 13.0. The summed E-state index contributed by atoms with van der Waals surface area (Å²) in [4.78, 5) is 3.43. The van der Waals surface area contributed by atoms with E-state index in [-0.39, 0.29) is 10.8 Å². The molecule has 0 saturated heterocycles. The summed E-state index contributed by atoms with van der Waals surface area (Å²) in [5.41, 5.74) is 6.94. The van der Waals surface area contributed by atoms with Crippen molar-refractivity contribution in [3.05, 3.63) is 71.5 Å². The lowest BCUT2D eigenvalue weighted by molar-refractivity contribution is 0.592. The lowest BCUT2D eigenvalue weighted by atomic mass is 9.86. The van der Waals surface area contributed by atoms with Gasteiger partial charge in [0.15, 0.2) is 0 Å². The van der Waals surface area contributed by atoms with Gasteiger partial charge >= 0.3 is 0 Å². The van der Waals surface area contributed by atoms with Crippen LogP contribution < -0.4 is 0 Å². The molecule has 0 amide bonds. The topological polar surface area (TPSA) is 20.7 Å². The molecule has 27 heavy (non-hydrogen) atoms. The van der Waals surface area contributed by atoms with E-state index in [4.69, 9.17) is 0 Å². The van der Waals surface area contributed by atoms with Crippen molar-refractivity contribution in [3.63, 3.8) is 0 Å². The molecule has 140 valence electrons. The number of rotatable bonds is 2. The van der Waals surface area contributed by atoms with Crippen molar-refractivity contribution >= 4 is 21.8 Å². The fraction of sp³-hybridized carbons (Fsp3) is 0.360.